The Kier molecular flexibility index (Phi) is 3.54. The van der Waals surface area contributed by atoms with Crippen LogP contribution in [0.1, 0.15) is 25.0 Å². The summed E-state index contributed by atoms with van der Waals surface area (Å²) in [6, 6.07) is 10.1. The van der Waals surface area contributed by atoms with Gasteiger partial charge < -0.3 is 14.4 Å². The van der Waals surface area contributed by atoms with Crippen LogP contribution in [-0.2, 0) is 5.41 Å². The van der Waals surface area contributed by atoms with Gasteiger partial charge in [-0.3, -0.25) is 0 Å². The predicted octanol–water partition coefficient (Wildman–Crippen LogP) is 5.53. The van der Waals surface area contributed by atoms with Gasteiger partial charge in [-0.15, -0.1) is 0 Å². The Morgan fingerprint density at radius 1 is 1.16 bits per heavy atom. The summed E-state index contributed by atoms with van der Waals surface area (Å²) in [6.07, 6.45) is 4.05. The van der Waals surface area contributed by atoms with Crippen molar-refractivity contribution < 1.29 is 9.47 Å². The highest BCUT2D eigenvalue weighted by Crippen LogP contribution is 2.56. The van der Waals surface area contributed by atoms with Gasteiger partial charge in [-0.25, -0.2) is 0 Å². The van der Waals surface area contributed by atoms with E-state index in [4.69, 9.17) is 32.7 Å². The molecule has 2 aliphatic heterocycles. The Labute approximate surface area is 157 Å². The molecule has 0 fully saturated rings. The summed E-state index contributed by atoms with van der Waals surface area (Å²) >= 11 is 12.6. The second kappa shape index (κ2) is 5.33. The van der Waals surface area contributed by atoms with Crippen molar-refractivity contribution in [2.45, 2.75) is 25.0 Å². The van der Waals surface area contributed by atoms with Crippen LogP contribution in [-0.4, -0.2) is 19.9 Å². The lowest BCUT2D eigenvalue weighted by atomic mass is 9.76. The van der Waals surface area contributed by atoms with Gasteiger partial charge in [0, 0.05) is 24.4 Å². The average Bonchev–Trinajstić information content (AvgIpc) is 2.77. The first-order valence-electron chi connectivity index (χ1n) is 8.11. The topological polar surface area (TPSA) is 21.7 Å². The van der Waals surface area contributed by atoms with Crippen molar-refractivity contribution in [3.05, 3.63) is 57.6 Å². The van der Waals surface area contributed by atoms with Crippen LogP contribution in [0, 0.1) is 0 Å². The highest BCUT2D eigenvalue weighted by atomic mass is 35.5. The summed E-state index contributed by atoms with van der Waals surface area (Å²) in [4.78, 5) is 2.17. The third-order valence-electron chi connectivity index (χ3n) is 5.46. The molecule has 0 saturated heterocycles. The number of anilines is 1. The zero-order valence-electron chi connectivity index (χ0n) is 14.6. The molecule has 2 aromatic rings. The minimum atomic E-state index is -0.672. The maximum atomic E-state index is 6.62. The Balaban J connectivity index is 1.94. The number of fused-ring (bicyclic) bond motifs is 2. The lowest BCUT2D eigenvalue weighted by molar-refractivity contribution is 0.0552. The van der Waals surface area contributed by atoms with Gasteiger partial charge in [-0.2, -0.15) is 0 Å². The highest BCUT2D eigenvalue weighted by molar-refractivity contribution is 6.43. The molecule has 5 heteroatoms. The number of methoxy groups -OCH3 is 1. The third kappa shape index (κ3) is 2.00. The standard InChI is InChI=1S/C20H19Cl2NO2/c1-19(2)13-7-5-6-8-15(13)23(3)20(19)10-9-12-17(22)14(21)11-16(24-4)18(12)25-20/h5-11H,1-4H3. The highest BCUT2D eigenvalue weighted by Gasteiger charge is 2.58. The van der Waals surface area contributed by atoms with Crippen LogP contribution in [0.25, 0.3) is 6.08 Å². The SMILES string of the molecule is COc1cc(Cl)c(Cl)c2c1OC1(C=C2)N(C)c2ccccc2C1(C)C. The van der Waals surface area contributed by atoms with Crippen molar-refractivity contribution in [1.82, 2.24) is 0 Å². The molecule has 2 heterocycles. The molecule has 0 amide bonds. The fourth-order valence-electron chi connectivity index (χ4n) is 4.00. The van der Waals surface area contributed by atoms with Gasteiger partial charge in [0.15, 0.2) is 11.5 Å². The maximum Gasteiger partial charge on any atom is 0.212 e. The number of nitrogens with zero attached hydrogens (tertiary/aromatic N) is 1. The Hall–Kier alpha value is -1.84. The van der Waals surface area contributed by atoms with Crippen molar-refractivity contribution in [3.63, 3.8) is 0 Å². The lowest BCUT2D eigenvalue weighted by Crippen LogP contribution is -2.58. The van der Waals surface area contributed by atoms with E-state index in [2.05, 4.69) is 43.0 Å². The third-order valence-corrected chi connectivity index (χ3v) is 6.26. The summed E-state index contributed by atoms with van der Waals surface area (Å²) in [5.74, 6) is 1.19. The van der Waals surface area contributed by atoms with E-state index >= 15 is 0 Å². The van der Waals surface area contributed by atoms with E-state index in [1.54, 1.807) is 13.2 Å². The summed E-state index contributed by atoms with van der Waals surface area (Å²) in [5, 5.41) is 0.920. The Morgan fingerprint density at radius 3 is 2.56 bits per heavy atom. The molecule has 3 nitrogen and oxygen atoms in total. The van der Waals surface area contributed by atoms with Gasteiger partial charge in [0.2, 0.25) is 5.72 Å². The summed E-state index contributed by atoms with van der Waals surface area (Å²) < 4.78 is 12.1. The van der Waals surface area contributed by atoms with Gasteiger partial charge in [-0.1, -0.05) is 41.4 Å². The molecule has 130 valence electrons. The number of rotatable bonds is 1. The molecule has 25 heavy (non-hydrogen) atoms. The van der Waals surface area contributed by atoms with Crippen LogP contribution in [0.3, 0.4) is 0 Å². The van der Waals surface area contributed by atoms with Crippen molar-refractivity contribution in [2.75, 3.05) is 19.1 Å². The molecule has 1 spiro atoms. The zero-order valence-corrected chi connectivity index (χ0v) is 16.1. The Morgan fingerprint density at radius 2 is 1.88 bits per heavy atom. The van der Waals surface area contributed by atoms with Gasteiger partial charge in [0.05, 0.1) is 22.6 Å². The van der Waals surface area contributed by atoms with E-state index in [-0.39, 0.29) is 5.41 Å². The van der Waals surface area contributed by atoms with Crippen LogP contribution in [0.4, 0.5) is 5.69 Å². The average molecular weight is 376 g/mol. The number of para-hydroxylation sites is 1. The first-order chi connectivity index (χ1) is 11.8. The fourth-order valence-corrected chi connectivity index (χ4v) is 4.40. The molecular weight excluding hydrogens is 357 g/mol. The largest absolute Gasteiger partial charge is 0.493 e. The fraction of sp³-hybridized carbons (Fsp3) is 0.300. The number of hydrogen-bond donors (Lipinski definition) is 0. The van der Waals surface area contributed by atoms with E-state index in [1.807, 2.05) is 19.2 Å². The molecule has 4 rings (SSSR count). The molecule has 0 N–H and O–H groups in total. The molecule has 0 aliphatic carbocycles. The van der Waals surface area contributed by atoms with Crippen molar-refractivity contribution in [2.24, 2.45) is 0 Å². The number of ether oxygens (including phenoxy) is 2. The number of benzene rings is 2. The first kappa shape index (κ1) is 16.6. The van der Waals surface area contributed by atoms with Gasteiger partial charge in [0.25, 0.3) is 0 Å². The predicted molar refractivity (Wildman–Crippen MR) is 103 cm³/mol. The minimum Gasteiger partial charge on any atom is -0.493 e. The molecule has 0 saturated carbocycles. The molecule has 1 unspecified atom stereocenters. The van der Waals surface area contributed by atoms with Crippen LogP contribution >= 0.6 is 23.2 Å². The molecule has 0 radical (unpaired) electrons. The van der Waals surface area contributed by atoms with Crippen LogP contribution < -0.4 is 14.4 Å². The zero-order chi connectivity index (χ0) is 18.0. The van der Waals surface area contributed by atoms with Crippen LogP contribution in [0.2, 0.25) is 10.0 Å². The van der Waals surface area contributed by atoms with E-state index in [1.165, 1.54) is 5.56 Å². The lowest BCUT2D eigenvalue weighted by Gasteiger charge is -2.46. The smallest absolute Gasteiger partial charge is 0.212 e. The second-order valence-electron chi connectivity index (χ2n) is 6.95. The normalized spacial score (nSPS) is 22.6. The van der Waals surface area contributed by atoms with Crippen LogP contribution in [0.15, 0.2) is 36.4 Å². The Bertz CT molecular complexity index is 907. The van der Waals surface area contributed by atoms with Gasteiger partial charge in [-0.05, 0) is 37.6 Å². The van der Waals surface area contributed by atoms with Gasteiger partial charge in [0.1, 0.15) is 0 Å². The quantitative estimate of drug-likeness (QED) is 0.653. The molecule has 2 aromatic carbocycles. The molecular formula is C20H19Cl2NO2. The van der Waals surface area contributed by atoms with E-state index < -0.39 is 5.72 Å². The van der Waals surface area contributed by atoms with Crippen LogP contribution in [0.5, 0.6) is 11.5 Å². The molecule has 0 bridgehead atoms. The van der Waals surface area contributed by atoms with Crippen molar-refractivity contribution in [1.29, 1.82) is 0 Å². The first-order valence-corrected chi connectivity index (χ1v) is 8.86. The second-order valence-corrected chi connectivity index (χ2v) is 7.74. The van der Waals surface area contributed by atoms with Crippen molar-refractivity contribution in [3.8, 4) is 11.5 Å². The van der Waals surface area contributed by atoms with E-state index in [0.29, 0.717) is 21.5 Å². The summed E-state index contributed by atoms with van der Waals surface area (Å²) in [5.41, 5.74) is 2.19. The number of likely N-dealkylation sites (N-methyl/N-ethyl adjacent to an activating group) is 1. The molecule has 0 aromatic heterocycles. The monoisotopic (exact) mass is 375 g/mol. The minimum absolute atomic E-state index is 0.274. The van der Waals surface area contributed by atoms with E-state index in [0.717, 1.165) is 11.3 Å². The molecule has 1 atom stereocenters. The maximum absolute atomic E-state index is 6.62. The van der Waals surface area contributed by atoms with Gasteiger partial charge >= 0.3 is 0 Å². The number of hydrogen-bond acceptors (Lipinski definition) is 3. The number of halogens is 2. The summed E-state index contributed by atoms with van der Waals surface area (Å²) in [6.45, 7) is 4.38. The summed E-state index contributed by atoms with van der Waals surface area (Å²) in [7, 11) is 3.65. The van der Waals surface area contributed by atoms with E-state index in [9.17, 15) is 0 Å². The van der Waals surface area contributed by atoms with Crippen molar-refractivity contribution >= 4 is 35.0 Å². The molecule has 2 aliphatic rings.